The van der Waals surface area contributed by atoms with Crippen LogP contribution in [0.2, 0.25) is 0 Å². The molecule has 7 heteroatoms. The van der Waals surface area contributed by atoms with Crippen LogP contribution in [0, 0.1) is 6.92 Å². The number of hydrogen-bond acceptors (Lipinski definition) is 3. The summed E-state index contributed by atoms with van der Waals surface area (Å²) in [7, 11) is 0. The van der Waals surface area contributed by atoms with Crippen molar-refractivity contribution in [1.29, 1.82) is 0 Å². The number of aliphatic hydroxyl groups is 1. The molecule has 2 unspecified atom stereocenters. The lowest BCUT2D eigenvalue weighted by Gasteiger charge is -2.41. The first kappa shape index (κ1) is 20.0. The highest BCUT2D eigenvalue weighted by Crippen LogP contribution is 2.48. The predicted octanol–water partition coefficient (Wildman–Crippen LogP) is 4.70. The molecule has 27 heavy (non-hydrogen) atoms. The van der Waals surface area contributed by atoms with Crippen LogP contribution in [0.25, 0.3) is 11.1 Å². The van der Waals surface area contributed by atoms with Crippen molar-refractivity contribution in [3.63, 3.8) is 0 Å². The molecule has 2 aromatic rings. The second-order valence-electron chi connectivity index (χ2n) is 7.36. The number of aromatic nitrogens is 1. The summed E-state index contributed by atoms with van der Waals surface area (Å²) in [5.41, 5.74) is -1.56. The lowest BCUT2D eigenvalue weighted by Crippen LogP contribution is -2.56. The number of benzene rings is 1. The Balaban J connectivity index is 2.14. The fourth-order valence-corrected chi connectivity index (χ4v) is 3.61. The Bertz CT molecular complexity index is 835. The second-order valence-corrected chi connectivity index (χ2v) is 7.79. The maximum Gasteiger partial charge on any atom is 0.418 e. The van der Waals surface area contributed by atoms with Gasteiger partial charge in [0.1, 0.15) is 5.75 Å². The van der Waals surface area contributed by atoms with Crippen molar-refractivity contribution in [3.8, 4) is 16.9 Å². The highest BCUT2D eigenvalue weighted by molar-refractivity contribution is 6.22. The molecule has 1 aromatic carbocycles. The number of pyridine rings is 1. The third-order valence-electron chi connectivity index (χ3n) is 5.02. The van der Waals surface area contributed by atoms with E-state index in [2.05, 4.69) is 11.9 Å². The molecule has 145 valence electrons. The zero-order valence-electron chi connectivity index (χ0n) is 15.0. The summed E-state index contributed by atoms with van der Waals surface area (Å²) in [6.07, 6.45) is -0.999. The molecule has 0 saturated carbocycles. The second kappa shape index (κ2) is 6.67. The van der Waals surface area contributed by atoms with E-state index in [1.165, 1.54) is 0 Å². The summed E-state index contributed by atoms with van der Waals surface area (Å²) in [6.45, 7) is 6.50. The van der Waals surface area contributed by atoms with Crippen LogP contribution in [0.5, 0.6) is 5.75 Å². The summed E-state index contributed by atoms with van der Waals surface area (Å²) in [4.78, 5) is 4.10. The van der Waals surface area contributed by atoms with E-state index >= 15 is 0 Å². The number of nitrogens with zero attached hydrogens (tertiary/aromatic N) is 1. The van der Waals surface area contributed by atoms with Crippen molar-refractivity contribution in [2.24, 2.45) is 0 Å². The standard InChI is InChI=1S/C20H20ClF3NO2/c1-18(2,17(21)19(3,26)20(22,23)24)15-10-14(13-5-4-7-25-11-13)9-12-6-8-27-16(12)15/h4-5,7,9-11,17,26H,3,6,8H2,1-2H3. The molecule has 2 heterocycles. The van der Waals surface area contributed by atoms with Gasteiger partial charge in [-0.15, -0.1) is 11.6 Å². The van der Waals surface area contributed by atoms with Crippen LogP contribution in [0.3, 0.4) is 0 Å². The first-order chi connectivity index (χ1) is 12.5. The average molecular weight is 399 g/mol. The highest BCUT2D eigenvalue weighted by atomic mass is 35.5. The number of hydrogen-bond donors (Lipinski definition) is 1. The van der Waals surface area contributed by atoms with E-state index in [0.717, 1.165) is 16.7 Å². The fourth-order valence-electron chi connectivity index (χ4n) is 3.36. The molecular formula is C20H20ClF3NO2. The average Bonchev–Trinajstić information content (AvgIpc) is 3.08. The van der Waals surface area contributed by atoms with Crippen molar-refractivity contribution in [3.05, 3.63) is 54.7 Å². The van der Waals surface area contributed by atoms with Crippen molar-refractivity contribution in [2.45, 2.75) is 42.8 Å². The minimum Gasteiger partial charge on any atom is -0.493 e. The van der Waals surface area contributed by atoms with Gasteiger partial charge in [0.05, 0.1) is 12.0 Å². The van der Waals surface area contributed by atoms with Crippen molar-refractivity contribution in [2.75, 3.05) is 6.61 Å². The van der Waals surface area contributed by atoms with Crippen LogP contribution >= 0.6 is 11.6 Å². The third-order valence-corrected chi connectivity index (χ3v) is 5.92. The Kier molecular flexibility index (Phi) is 4.93. The molecule has 0 bridgehead atoms. The molecule has 0 fully saturated rings. The first-order valence-electron chi connectivity index (χ1n) is 8.45. The van der Waals surface area contributed by atoms with Gasteiger partial charge in [-0.25, -0.2) is 0 Å². The van der Waals surface area contributed by atoms with Crippen LogP contribution < -0.4 is 4.74 Å². The Hall–Kier alpha value is -1.79. The van der Waals surface area contributed by atoms with E-state index in [0.29, 0.717) is 24.3 Å². The van der Waals surface area contributed by atoms with Crippen molar-refractivity contribution < 1.29 is 23.0 Å². The van der Waals surface area contributed by atoms with Crippen LogP contribution in [-0.2, 0) is 11.8 Å². The summed E-state index contributed by atoms with van der Waals surface area (Å²) >= 11 is 6.18. The summed E-state index contributed by atoms with van der Waals surface area (Å²) in [5.74, 6) is 0.524. The molecule has 1 aliphatic heterocycles. The predicted molar refractivity (Wildman–Crippen MR) is 97.9 cm³/mol. The zero-order valence-corrected chi connectivity index (χ0v) is 15.7. The number of alkyl halides is 4. The molecule has 3 rings (SSSR count). The molecule has 0 spiro atoms. The van der Waals surface area contributed by atoms with Gasteiger partial charge in [-0.05, 0) is 36.2 Å². The van der Waals surface area contributed by atoms with E-state index in [1.54, 1.807) is 38.4 Å². The Morgan fingerprint density at radius 3 is 2.56 bits per heavy atom. The lowest BCUT2D eigenvalue weighted by molar-refractivity contribution is -0.245. The van der Waals surface area contributed by atoms with Gasteiger partial charge in [-0.2, -0.15) is 13.2 Å². The van der Waals surface area contributed by atoms with Gasteiger partial charge in [0.15, 0.2) is 5.60 Å². The number of rotatable bonds is 4. The van der Waals surface area contributed by atoms with Gasteiger partial charge in [-0.3, -0.25) is 4.98 Å². The molecule has 3 nitrogen and oxygen atoms in total. The summed E-state index contributed by atoms with van der Waals surface area (Å²) < 4.78 is 45.6. The van der Waals surface area contributed by atoms with Crippen LogP contribution in [0.15, 0.2) is 36.7 Å². The van der Waals surface area contributed by atoms with Gasteiger partial charge in [0, 0.05) is 35.4 Å². The Morgan fingerprint density at radius 1 is 1.26 bits per heavy atom. The van der Waals surface area contributed by atoms with Gasteiger partial charge in [-0.1, -0.05) is 19.9 Å². The van der Waals surface area contributed by atoms with Gasteiger partial charge >= 0.3 is 6.18 Å². The molecule has 0 amide bonds. The van der Waals surface area contributed by atoms with Crippen molar-refractivity contribution >= 4 is 11.6 Å². The normalized spacial score (nSPS) is 17.8. The SMILES string of the molecule is [CH2]C(O)(C(Cl)C(C)(C)c1cc(-c2cccnc2)cc2c1OCC2)C(F)(F)F. The quantitative estimate of drug-likeness (QED) is 0.759. The maximum absolute atomic E-state index is 13.3. The molecule has 1 aliphatic rings. The number of fused-ring (bicyclic) bond motifs is 1. The minimum atomic E-state index is -4.97. The van der Waals surface area contributed by atoms with E-state index in [-0.39, 0.29) is 0 Å². The minimum absolute atomic E-state index is 0.440. The topological polar surface area (TPSA) is 42.4 Å². The molecule has 1 aromatic heterocycles. The Labute approximate surface area is 161 Å². The monoisotopic (exact) mass is 398 g/mol. The van der Waals surface area contributed by atoms with E-state index in [9.17, 15) is 18.3 Å². The molecular weight excluding hydrogens is 379 g/mol. The number of halogens is 4. The smallest absolute Gasteiger partial charge is 0.418 e. The zero-order chi connectivity index (χ0) is 20.0. The molecule has 1 radical (unpaired) electrons. The van der Waals surface area contributed by atoms with Gasteiger partial charge in [0.25, 0.3) is 0 Å². The fraction of sp³-hybridized carbons (Fsp3) is 0.400. The van der Waals surface area contributed by atoms with Crippen LogP contribution in [0.4, 0.5) is 13.2 Å². The summed E-state index contributed by atoms with van der Waals surface area (Å²) in [5, 5.41) is 8.30. The Morgan fingerprint density at radius 2 is 1.96 bits per heavy atom. The van der Waals surface area contributed by atoms with Crippen LogP contribution in [0.1, 0.15) is 25.0 Å². The lowest BCUT2D eigenvalue weighted by atomic mass is 9.73. The molecule has 0 saturated heterocycles. The summed E-state index contributed by atoms with van der Waals surface area (Å²) in [6, 6.07) is 7.35. The van der Waals surface area contributed by atoms with E-state index in [4.69, 9.17) is 16.3 Å². The molecule has 0 aliphatic carbocycles. The van der Waals surface area contributed by atoms with Gasteiger partial charge < -0.3 is 9.84 Å². The van der Waals surface area contributed by atoms with E-state index < -0.39 is 22.6 Å². The van der Waals surface area contributed by atoms with Gasteiger partial charge in [0.2, 0.25) is 0 Å². The third kappa shape index (κ3) is 3.41. The molecule has 2 atom stereocenters. The van der Waals surface area contributed by atoms with Crippen molar-refractivity contribution in [1.82, 2.24) is 4.98 Å². The van der Waals surface area contributed by atoms with E-state index in [1.807, 2.05) is 12.1 Å². The molecule has 1 N–H and O–H groups in total. The number of ether oxygens (including phenoxy) is 1. The first-order valence-corrected chi connectivity index (χ1v) is 8.89. The largest absolute Gasteiger partial charge is 0.493 e. The van der Waals surface area contributed by atoms with Crippen LogP contribution in [-0.4, -0.2) is 33.9 Å². The highest BCUT2D eigenvalue weighted by Gasteiger charge is 2.59. The maximum atomic E-state index is 13.3.